The van der Waals surface area contributed by atoms with Gasteiger partial charge in [-0.2, -0.15) is 0 Å². The Kier molecular flexibility index (Phi) is 4.58. The van der Waals surface area contributed by atoms with E-state index in [1.54, 1.807) is 0 Å². The molecule has 1 fully saturated rings. The Hall–Kier alpha value is -0.930. The van der Waals surface area contributed by atoms with Crippen LogP contribution in [0.2, 0.25) is 0 Å². The van der Waals surface area contributed by atoms with Gasteiger partial charge in [-0.25, -0.2) is 0 Å². The maximum absolute atomic E-state index is 6.00. The lowest BCUT2D eigenvalue weighted by atomic mass is 9.73. The van der Waals surface area contributed by atoms with E-state index in [0.717, 1.165) is 18.8 Å². The molecule has 106 valence electrons. The predicted molar refractivity (Wildman–Crippen MR) is 78.1 cm³/mol. The number of likely N-dealkylation sites (N-methyl/N-ethyl adjacent to an activating group) is 1. The minimum Gasteiger partial charge on any atom is -0.376 e. The van der Waals surface area contributed by atoms with E-state index in [-0.39, 0.29) is 11.6 Å². The maximum atomic E-state index is 6.00. The van der Waals surface area contributed by atoms with Crippen LogP contribution in [-0.4, -0.2) is 24.7 Å². The lowest BCUT2D eigenvalue weighted by molar-refractivity contribution is -0.0747. The summed E-state index contributed by atoms with van der Waals surface area (Å²) >= 11 is 0. The first-order chi connectivity index (χ1) is 9.13. The minimum atomic E-state index is -0.0882. The van der Waals surface area contributed by atoms with Gasteiger partial charge in [0.25, 0.3) is 0 Å². The van der Waals surface area contributed by atoms with Crippen molar-refractivity contribution in [2.45, 2.75) is 51.2 Å². The van der Waals surface area contributed by atoms with Crippen LogP contribution in [0.3, 0.4) is 0 Å². The van der Waals surface area contributed by atoms with Crippen LogP contribution in [0.5, 0.6) is 0 Å². The van der Waals surface area contributed by atoms with E-state index in [9.17, 15) is 0 Å². The fourth-order valence-corrected chi connectivity index (χ4v) is 3.34. The fraction of sp³-hybridized carbons (Fsp3) is 0.688. The SMILES string of the molecule is CNC(c1cnccc1C)C1(OC)CCC(C)CC1. The molecule has 1 N–H and O–H groups in total. The summed E-state index contributed by atoms with van der Waals surface area (Å²) in [4.78, 5) is 4.29. The summed E-state index contributed by atoms with van der Waals surface area (Å²) in [5.41, 5.74) is 2.46. The van der Waals surface area contributed by atoms with Crippen LogP contribution in [0, 0.1) is 12.8 Å². The number of nitrogens with one attached hydrogen (secondary N) is 1. The van der Waals surface area contributed by atoms with Crippen LogP contribution in [0.25, 0.3) is 0 Å². The molecule has 19 heavy (non-hydrogen) atoms. The highest BCUT2D eigenvalue weighted by Crippen LogP contribution is 2.43. The third kappa shape index (κ3) is 2.82. The van der Waals surface area contributed by atoms with E-state index in [2.05, 4.69) is 30.2 Å². The van der Waals surface area contributed by atoms with Crippen molar-refractivity contribution in [2.75, 3.05) is 14.2 Å². The number of nitrogens with zero attached hydrogens (tertiary/aromatic N) is 1. The predicted octanol–water partition coefficient (Wildman–Crippen LogP) is 3.25. The summed E-state index contributed by atoms with van der Waals surface area (Å²) in [7, 11) is 3.88. The average molecular weight is 262 g/mol. The monoisotopic (exact) mass is 262 g/mol. The number of ether oxygens (including phenoxy) is 1. The second kappa shape index (κ2) is 6.02. The number of aromatic nitrogens is 1. The quantitative estimate of drug-likeness (QED) is 0.904. The van der Waals surface area contributed by atoms with Crippen LogP contribution in [0.4, 0.5) is 0 Å². The van der Waals surface area contributed by atoms with Gasteiger partial charge in [0.1, 0.15) is 0 Å². The minimum absolute atomic E-state index is 0.0882. The molecule has 1 aromatic rings. The van der Waals surface area contributed by atoms with Crippen LogP contribution in [0.15, 0.2) is 18.5 Å². The van der Waals surface area contributed by atoms with Crippen molar-refractivity contribution >= 4 is 0 Å². The van der Waals surface area contributed by atoms with Crippen molar-refractivity contribution in [1.82, 2.24) is 10.3 Å². The smallest absolute Gasteiger partial charge is 0.0873 e. The van der Waals surface area contributed by atoms with Gasteiger partial charge in [-0.15, -0.1) is 0 Å². The highest BCUT2D eigenvalue weighted by molar-refractivity contribution is 5.28. The number of hydrogen-bond donors (Lipinski definition) is 1. The molecule has 0 spiro atoms. The summed E-state index contributed by atoms with van der Waals surface area (Å²) in [5, 5.41) is 3.47. The first-order valence-corrected chi connectivity index (χ1v) is 7.26. The maximum Gasteiger partial charge on any atom is 0.0873 e. The molecule has 1 aliphatic carbocycles. The Labute approximate surface area is 116 Å². The van der Waals surface area contributed by atoms with E-state index >= 15 is 0 Å². The van der Waals surface area contributed by atoms with Crippen molar-refractivity contribution in [3.05, 3.63) is 29.6 Å². The normalized spacial score (nSPS) is 29.2. The van der Waals surface area contributed by atoms with E-state index in [1.807, 2.05) is 26.6 Å². The second-order valence-corrected chi connectivity index (χ2v) is 5.91. The Bertz CT molecular complexity index is 411. The zero-order chi connectivity index (χ0) is 13.9. The van der Waals surface area contributed by atoms with Crippen molar-refractivity contribution in [3.63, 3.8) is 0 Å². The van der Waals surface area contributed by atoms with Crippen molar-refractivity contribution in [1.29, 1.82) is 0 Å². The van der Waals surface area contributed by atoms with Crippen molar-refractivity contribution < 1.29 is 4.74 Å². The van der Waals surface area contributed by atoms with Gasteiger partial charge in [0, 0.05) is 19.5 Å². The van der Waals surface area contributed by atoms with Gasteiger partial charge < -0.3 is 10.1 Å². The Morgan fingerprint density at radius 1 is 1.42 bits per heavy atom. The van der Waals surface area contributed by atoms with Crippen LogP contribution < -0.4 is 5.32 Å². The van der Waals surface area contributed by atoms with E-state index in [4.69, 9.17) is 4.74 Å². The van der Waals surface area contributed by atoms with E-state index in [1.165, 1.54) is 24.0 Å². The Balaban J connectivity index is 2.32. The molecule has 2 rings (SSSR count). The largest absolute Gasteiger partial charge is 0.376 e. The molecule has 1 unspecified atom stereocenters. The van der Waals surface area contributed by atoms with Crippen LogP contribution in [0.1, 0.15) is 49.8 Å². The molecule has 1 atom stereocenters. The van der Waals surface area contributed by atoms with Gasteiger partial charge in [0.15, 0.2) is 0 Å². The molecule has 0 aliphatic heterocycles. The third-order valence-corrected chi connectivity index (χ3v) is 4.73. The summed E-state index contributed by atoms with van der Waals surface area (Å²) in [6, 6.07) is 2.30. The molecule has 0 aromatic carbocycles. The van der Waals surface area contributed by atoms with Crippen molar-refractivity contribution in [2.24, 2.45) is 5.92 Å². The molecule has 1 aromatic heterocycles. The fourth-order valence-electron chi connectivity index (χ4n) is 3.34. The molecule has 3 nitrogen and oxygen atoms in total. The lowest BCUT2D eigenvalue weighted by Crippen LogP contribution is -2.47. The molecule has 3 heteroatoms. The Morgan fingerprint density at radius 2 is 2.11 bits per heavy atom. The topological polar surface area (TPSA) is 34.2 Å². The summed E-state index contributed by atoms with van der Waals surface area (Å²) in [5.74, 6) is 0.816. The number of methoxy groups -OCH3 is 1. The number of hydrogen-bond acceptors (Lipinski definition) is 3. The summed E-state index contributed by atoms with van der Waals surface area (Å²) in [6.45, 7) is 4.49. The van der Waals surface area contributed by atoms with Gasteiger partial charge in [-0.1, -0.05) is 6.92 Å². The zero-order valence-corrected chi connectivity index (χ0v) is 12.6. The summed E-state index contributed by atoms with van der Waals surface area (Å²) in [6.07, 6.45) is 8.55. The summed E-state index contributed by atoms with van der Waals surface area (Å²) < 4.78 is 6.00. The molecule has 1 aliphatic rings. The first kappa shape index (κ1) is 14.5. The molecular weight excluding hydrogens is 236 g/mol. The molecule has 1 heterocycles. The van der Waals surface area contributed by atoms with Gasteiger partial charge in [-0.3, -0.25) is 4.98 Å². The van der Waals surface area contributed by atoms with E-state index < -0.39 is 0 Å². The zero-order valence-electron chi connectivity index (χ0n) is 12.6. The highest BCUT2D eigenvalue weighted by Gasteiger charge is 2.42. The second-order valence-electron chi connectivity index (χ2n) is 5.91. The molecule has 0 saturated heterocycles. The molecular formula is C16H26N2O. The molecule has 0 amide bonds. The van der Waals surface area contributed by atoms with Crippen LogP contribution >= 0.6 is 0 Å². The molecule has 0 bridgehead atoms. The Morgan fingerprint density at radius 3 is 2.63 bits per heavy atom. The number of pyridine rings is 1. The number of rotatable bonds is 4. The van der Waals surface area contributed by atoms with Gasteiger partial charge in [-0.05, 0) is 62.8 Å². The first-order valence-electron chi connectivity index (χ1n) is 7.26. The average Bonchev–Trinajstić information content (AvgIpc) is 2.44. The van der Waals surface area contributed by atoms with Gasteiger partial charge in [0.2, 0.25) is 0 Å². The van der Waals surface area contributed by atoms with Gasteiger partial charge in [0.05, 0.1) is 11.6 Å². The van der Waals surface area contributed by atoms with Gasteiger partial charge >= 0.3 is 0 Å². The highest BCUT2D eigenvalue weighted by atomic mass is 16.5. The number of aryl methyl sites for hydroxylation is 1. The standard InChI is InChI=1S/C16H26N2O/c1-12-5-8-16(19-4,9-6-12)15(17-3)14-11-18-10-7-13(14)2/h7,10-12,15,17H,5-6,8-9H2,1-4H3. The van der Waals surface area contributed by atoms with Crippen LogP contribution in [-0.2, 0) is 4.74 Å². The van der Waals surface area contributed by atoms with Crippen molar-refractivity contribution in [3.8, 4) is 0 Å². The molecule has 0 radical (unpaired) electrons. The third-order valence-electron chi connectivity index (χ3n) is 4.73. The molecule has 1 saturated carbocycles. The lowest BCUT2D eigenvalue weighted by Gasteiger charge is -2.44. The van der Waals surface area contributed by atoms with E-state index in [0.29, 0.717) is 0 Å².